The predicted octanol–water partition coefficient (Wildman–Crippen LogP) is 3.51. The lowest BCUT2D eigenvalue weighted by atomic mass is 9.92. The summed E-state index contributed by atoms with van der Waals surface area (Å²) in [5.74, 6) is 2.25. The summed E-state index contributed by atoms with van der Waals surface area (Å²) < 4.78 is 0. The molecule has 1 aromatic carbocycles. The number of amides is 1. The van der Waals surface area contributed by atoms with Crippen molar-refractivity contribution in [2.24, 2.45) is 17.8 Å². The van der Waals surface area contributed by atoms with Gasteiger partial charge in [0.05, 0.1) is 0 Å². The van der Waals surface area contributed by atoms with Crippen LogP contribution in [0, 0.1) is 24.7 Å². The first kappa shape index (κ1) is 16.1. The van der Waals surface area contributed by atoms with Gasteiger partial charge in [-0.3, -0.25) is 9.69 Å². The largest absolute Gasteiger partial charge is 0.353 e. The van der Waals surface area contributed by atoms with E-state index in [1.165, 1.54) is 36.8 Å². The summed E-state index contributed by atoms with van der Waals surface area (Å²) in [7, 11) is 0. The number of fused-ring (bicyclic) bond motifs is 2. The Bertz CT molecular complexity index is 591. The molecule has 1 aromatic rings. The Morgan fingerprint density at radius 2 is 2.00 bits per heavy atom. The van der Waals surface area contributed by atoms with Crippen LogP contribution in [0.1, 0.15) is 49.7 Å². The molecular formula is C21H30N2O. The number of hydrogen-bond donors (Lipinski definition) is 1. The highest BCUT2D eigenvalue weighted by atomic mass is 16.2. The van der Waals surface area contributed by atoms with E-state index in [4.69, 9.17) is 0 Å². The fourth-order valence-corrected chi connectivity index (χ4v) is 5.14. The molecular weight excluding hydrogens is 296 g/mol. The van der Waals surface area contributed by atoms with E-state index in [2.05, 4.69) is 41.4 Å². The number of nitrogens with one attached hydrogen (secondary N) is 1. The molecule has 1 N–H and O–H groups in total. The maximum atomic E-state index is 12.6. The zero-order valence-electron chi connectivity index (χ0n) is 14.8. The number of rotatable bonds is 4. The van der Waals surface area contributed by atoms with Gasteiger partial charge in [-0.15, -0.1) is 0 Å². The molecule has 0 radical (unpaired) electrons. The van der Waals surface area contributed by atoms with E-state index < -0.39 is 0 Å². The monoisotopic (exact) mass is 326 g/mol. The zero-order chi connectivity index (χ0) is 16.5. The molecule has 4 rings (SSSR count). The second kappa shape index (κ2) is 6.87. The van der Waals surface area contributed by atoms with Gasteiger partial charge < -0.3 is 5.32 Å². The van der Waals surface area contributed by atoms with Crippen LogP contribution in [0.25, 0.3) is 0 Å². The van der Waals surface area contributed by atoms with E-state index >= 15 is 0 Å². The van der Waals surface area contributed by atoms with E-state index in [9.17, 15) is 4.79 Å². The van der Waals surface area contributed by atoms with Crippen molar-refractivity contribution in [1.82, 2.24) is 10.2 Å². The highest BCUT2D eigenvalue weighted by Crippen LogP contribution is 2.44. The van der Waals surface area contributed by atoms with Gasteiger partial charge in [-0.05, 0) is 69.5 Å². The fourth-order valence-electron chi connectivity index (χ4n) is 5.14. The summed E-state index contributed by atoms with van der Waals surface area (Å²) in [5, 5.41) is 3.39. The summed E-state index contributed by atoms with van der Waals surface area (Å²) in [4.78, 5) is 15.1. The zero-order valence-corrected chi connectivity index (χ0v) is 14.8. The molecule has 130 valence electrons. The first-order valence-corrected chi connectivity index (χ1v) is 9.75. The van der Waals surface area contributed by atoms with Crippen LogP contribution in [0.5, 0.6) is 0 Å². The highest BCUT2D eigenvalue weighted by molar-refractivity contribution is 5.79. The molecule has 3 atom stereocenters. The van der Waals surface area contributed by atoms with E-state index in [1.54, 1.807) is 0 Å². The number of likely N-dealkylation sites (tertiary alicyclic amines) is 1. The molecule has 1 aliphatic heterocycles. The van der Waals surface area contributed by atoms with Crippen LogP contribution < -0.4 is 5.32 Å². The van der Waals surface area contributed by atoms with Gasteiger partial charge in [-0.25, -0.2) is 0 Å². The van der Waals surface area contributed by atoms with Crippen molar-refractivity contribution in [3.8, 4) is 0 Å². The van der Waals surface area contributed by atoms with Gasteiger partial charge in [0.25, 0.3) is 0 Å². The molecule has 1 amide bonds. The SMILES string of the molecule is Cc1cccc(CN2CCC(C(=O)N[C@@H]3C[C@H]4CC[C@H]3C4)CC2)c1. The molecule has 3 heteroatoms. The molecule has 2 bridgehead atoms. The van der Waals surface area contributed by atoms with E-state index in [0.29, 0.717) is 11.9 Å². The lowest BCUT2D eigenvalue weighted by Gasteiger charge is -2.33. The van der Waals surface area contributed by atoms with Crippen LogP contribution in [0.2, 0.25) is 0 Å². The summed E-state index contributed by atoms with van der Waals surface area (Å²) in [6.07, 6.45) is 7.36. The summed E-state index contributed by atoms with van der Waals surface area (Å²) in [6.45, 7) is 5.25. The predicted molar refractivity (Wildman–Crippen MR) is 96.6 cm³/mol. The molecule has 2 aliphatic carbocycles. The molecule has 2 saturated carbocycles. The van der Waals surface area contributed by atoms with Crippen molar-refractivity contribution in [2.75, 3.05) is 13.1 Å². The average molecular weight is 326 g/mol. The number of hydrogen-bond acceptors (Lipinski definition) is 2. The summed E-state index contributed by atoms with van der Waals surface area (Å²) in [5.41, 5.74) is 2.72. The minimum absolute atomic E-state index is 0.234. The molecule has 0 spiro atoms. The first-order chi connectivity index (χ1) is 11.7. The van der Waals surface area contributed by atoms with Crippen LogP contribution in [0.3, 0.4) is 0 Å². The molecule has 0 unspecified atom stereocenters. The third-order valence-electron chi connectivity index (χ3n) is 6.51. The minimum atomic E-state index is 0.234. The molecule has 3 fully saturated rings. The van der Waals surface area contributed by atoms with Crippen LogP contribution in [-0.4, -0.2) is 29.9 Å². The van der Waals surface area contributed by atoms with Crippen molar-refractivity contribution >= 4 is 5.91 Å². The Hall–Kier alpha value is -1.35. The van der Waals surface area contributed by atoms with Gasteiger partial charge in [0.1, 0.15) is 0 Å². The lowest BCUT2D eigenvalue weighted by Crippen LogP contribution is -2.45. The molecule has 1 saturated heterocycles. The van der Waals surface area contributed by atoms with E-state index in [-0.39, 0.29) is 5.92 Å². The average Bonchev–Trinajstić information content (AvgIpc) is 3.18. The Kier molecular flexibility index (Phi) is 4.62. The second-order valence-electron chi connectivity index (χ2n) is 8.33. The van der Waals surface area contributed by atoms with Crippen molar-refractivity contribution < 1.29 is 4.79 Å². The van der Waals surface area contributed by atoms with Gasteiger partial charge in [-0.2, -0.15) is 0 Å². The first-order valence-electron chi connectivity index (χ1n) is 9.75. The smallest absolute Gasteiger partial charge is 0.223 e. The highest BCUT2D eigenvalue weighted by Gasteiger charge is 2.40. The van der Waals surface area contributed by atoms with Crippen molar-refractivity contribution in [3.63, 3.8) is 0 Å². The molecule has 3 nitrogen and oxygen atoms in total. The number of carbonyl (C=O) groups excluding carboxylic acids is 1. The number of carbonyl (C=O) groups is 1. The Morgan fingerprint density at radius 3 is 2.67 bits per heavy atom. The normalized spacial score (nSPS) is 30.6. The quantitative estimate of drug-likeness (QED) is 0.918. The number of piperidine rings is 1. The third-order valence-corrected chi connectivity index (χ3v) is 6.51. The van der Waals surface area contributed by atoms with Gasteiger partial charge in [0.2, 0.25) is 5.91 Å². The van der Waals surface area contributed by atoms with Gasteiger partial charge in [0.15, 0.2) is 0 Å². The van der Waals surface area contributed by atoms with Crippen molar-refractivity contribution in [3.05, 3.63) is 35.4 Å². The molecule has 1 heterocycles. The Morgan fingerprint density at radius 1 is 1.17 bits per heavy atom. The number of nitrogens with zero attached hydrogens (tertiary/aromatic N) is 1. The molecule has 24 heavy (non-hydrogen) atoms. The second-order valence-corrected chi connectivity index (χ2v) is 8.33. The minimum Gasteiger partial charge on any atom is -0.353 e. The third kappa shape index (κ3) is 3.51. The molecule has 3 aliphatic rings. The van der Waals surface area contributed by atoms with Gasteiger partial charge in [0, 0.05) is 18.5 Å². The van der Waals surface area contributed by atoms with Crippen LogP contribution in [0.4, 0.5) is 0 Å². The van der Waals surface area contributed by atoms with E-state index in [1.807, 2.05) is 0 Å². The van der Waals surface area contributed by atoms with Crippen LogP contribution in [-0.2, 0) is 11.3 Å². The Balaban J connectivity index is 1.24. The topological polar surface area (TPSA) is 32.3 Å². The summed E-state index contributed by atoms with van der Waals surface area (Å²) in [6, 6.07) is 9.26. The molecule has 0 aromatic heterocycles. The lowest BCUT2D eigenvalue weighted by molar-refractivity contribution is -0.127. The van der Waals surface area contributed by atoms with Gasteiger partial charge in [-0.1, -0.05) is 36.2 Å². The summed E-state index contributed by atoms with van der Waals surface area (Å²) >= 11 is 0. The fraction of sp³-hybridized carbons (Fsp3) is 0.667. The maximum absolute atomic E-state index is 12.6. The maximum Gasteiger partial charge on any atom is 0.223 e. The van der Waals surface area contributed by atoms with E-state index in [0.717, 1.165) is 44.3 Å². The number of benzene rings is 1. The van der Waals surface area contributed by atoms with Crippen LogP contribution >= 0.6 is 0 Å². The number of aryl methyl sites for hydroxylation is 1. The van der Waals surface area contributed by atoms with Crippen molar-refractivity contribution in [2.45, 2.75) is 58.0 Å². The van der Waals surface area contributed by atoms with Gasteiger partial charge >= 0.3 is 0 Å². The Labute approximate surface area is 145 Å². The van der Waals surface area contributed by atoms with Crippen LogP contribution in [0.15, 0.2) is 24.3 Å². The standard InChI is InChI=1S/C21H30N2O/c1-15-3-2-4-17(11-15)14-23-9-7-18(8-10-23)21(24)22-20-13-16-5-6-19(20)12-16/h2-4,11,16,18-20H,5-10,12-14H2,1H3,(H,22,24)/t16-,19-,20+/m0/s1. The van der Waals surface area contributed by atoms with Crippen molar-refractivity contribution in [1.29, 1.82) is 0 Å².